The van der Waals surface area contributed by atoms with E-state index in [-0.39, 0.29) is 18.4 Å². The molecule has 0 aliphatic carbocycles. The molecule has 0 heterocycles. The van der Waals surface area contributed by atoms with Gasteiger partial charge >= 0.3 is 5.97 Å². The van der Waals surface area contributed by atoms with Gasteiger partial charge in [-0.1, -0.05) is 19.8 Å². The zero-order valence-corrected chi connectivity index (χ0v) is 18.8. The van der Waals surface area contributed by atoms with Crippen LogP contribution in [-0.4, -0.2) is 54.0 Å². The Morgan fingerprint density at radius 1 is 1.04 bits per heavy atom. The van der Waals surface area contributed by atoms with E-state index in [1.807, 2.05) is 11.8 Å². The Morgan fingerprint density at radius 2 is 1.75 bits per heavy atom. The van der Waals surface area contributed by atoms with E-state index in [4.69, 9.17) is 10.5 Å². The van der Waals surface area contributed by atoms with Gasteiger partial charge in [-0.3, -0.25) is 14.4 Å². The number of carbonyl (C=O) groups is 3. The van der Waals surface area contributed by atoms with E-state index in [0.29, 0.717) is 19.4 Å². The molecule has 4 N–H and O–H groups in total. The van der Waals surface area contributed by atoms with Gasteiger partial charge in [0.25, 0.3) is 0 Å². The SMILES string of the molecule is CCCCCSCCC(=O)NCCCCC(N)C(=O)NCC(=O)OC(C)(C)C. The van der Waals surface area contributed by atoms with E-state index in [2.05, 4.69) is 17.6 Å². The largest absolute Gasteiger partial charge is 0.459 e. The Bertz CT molecular complexity index is 467. The van der Waals surface area contributed by atoms with Gasteiger partial charge in [-0.05, 0) is 52.2 Å². The Hall–Kier alpha value is -1.28. The number of hydrogen-bond acceptors (Lipinski definition) is 6. The molecule has 0 rings (SSSR count). The second-order valence-corrected chi connectivity index (χ2v) is 9.05. The summed E-state index contributed by atoms with van der Waals surface area (Å²) < 4.78 is 5.12. The third-order valence-electron chi connectivity index (χ3n) is 3.79. The molecule has 0 radical (unpaired) electrons. The lowest BCUT2D eigenvalue weighted by Crippen LogP contribution is -2.43. The molecule has 7 nitrogen and oxygen atoms in total. The normalized spacial score (nSPS) is 12.3. The summed E-state index contributed by atoms with van der Waals surface area (Å²) in [5.41, 5.74) is 5.25. The summed E-state index contributed by atoms with van der Waals surface area (Å²) >= 11 is 1.83. The Morgan fingerprint density at radius 3 is 2.39 bits per heavy atom. The highest BCUT2D eigenvalue weighted by Crippen LogP contribution is 2.08. The number of hydrogen-bond donors (Lipinski definition) is 3. The number of rotatable bonds is 15. The van der Waals surface area contributed by atoms with Crippen LogP contribution in [0, 0.1) is 0 Å². The zero-order valence-electron chi connectivity index (χ0n) is 18.0. The maximum Gasteiger partial charge on any atom is 0.325 e. The highest BCUT2D eigenvalue weighted by Gasteiger charge is 2.18. The fraction of sp³-hybridized carbons (Fsp3) is 0.850. The molecule has 1 unspecified atom stereocenters. The van der Waals surface area contributed by atoms with Gasteiger partial charge in [0.2, 0.25) is 11.8 Å². The summed E-state index contributed by atoms with van der Waals surface area (Å²) in [4.78, 5) is 35.2. The molecule has 0 spiro atoms. The van der Waals surface area contributed by atoms with Gasteiger partial charge in [-0.15, -0.1) is 0 Å². The molecule has 0 aromatic rings. The van der Waals surface area contributed by atoms with Gasteiger partial charge in [0.15, 0.2) is 0 Å². The van der Waals surface area contributed by atoms with E-state index in [0.717, 1.165) is 24.3 Å². The van der Waals surface area contributed by atoms with E-state index in [1.165, 1.54) is 19.3 Å². The molecule has 0 aromatic heterocycles. The molecule has 8 heteroatoms. The van der Waals surface area contributed by atoms with Crippen LogP contribution in [0.15, 0.2) is 0 Å². The Labute approximate surface area is 174 Å². The number of amides is 2. The Kier molecular flexibility index (Phi) is 14.9. The maximum atomic E-state index is 11.9. The maximum absolute atomic E-state index is 11.9. The minimum Gasteiger partial charge on any atom is -0.459 e. The number of nitrogens with two attached hydrogens (primary N) is 1. The van der Waals surface area contributed by atoms with Crippen molar-refractivity contribution >= 4 is 29.5 Å². The quantitative estimate of drug-likeness (QED) is 0.279. The molecule has 0 aromatic carbocycles. The summed E-state index contributed by atoms with van der Waals surface area (Å²) in [5, 5.41) is 5.39. The summed E-state index contributed by atoms with van der Waals surface area (Å²) in [5.74, 6) is 1.20. The fourth-order valence-electron chi connectivity index (χ4n) is 2.33. The molecular weight excluding hydrogens is 378 g/mol. The van der Waals surface area contributed by atoms with Crippen molar-refractivity contribution in [1.82, 2.24) is 10.6 Å². The zero-order chi connectivity index (χ0) is 21.4. The molecule has 1 atom stereocenters. The van der Waals surface area contributed by atoms with Crippen molar-refractivity contribution in [2.45, 2.75) is 84.3 Å². The highest BCUT2D eigenvalue weighted by molar-refractivity contribution is 7.99. The number of unbranched alkanes of at least 4 members (excludes halogenated alkanes) is 3. The van der Waals surface area contributed by atoms with Crippen LogP contribution in [0.2, 0.25) is 0 Å². The summed E-state index contributed by atoms with van der Waals surface area (Å²) in [6, 6.07) is -0.669. The van der Waals surface area contributed by atoms with Crippen molar-refractivity contribution in [3.63, 3.8) is 0 Å². The predicted octanol–water partition coefficient (Wildman–Crippen LogP) is 2.37. The first-order valence-electron chi connectivity index (χ1n) is 10.2. The van der Waals surface area contributed by atoms with Gasteiger partial charge in [-0.2, -0.15) is 11.8 Å². The van der Waals surface area contributed by atoms with Crippen molar-refractivity contribution in [2.75, 3.05) is 24.6 Å². The van der Waals surface area contributed by atoms with Crippen molar-refractivity contribution in [3.05, 3.63) is 0 Å². The van der Waals surface area contributed by atoms with Crippen LogP contribution < -0.4 is 16.4 Å². The average molecular weight is 418 g/mol. The van der Waals surface area contributed by atoms with Crippen LogP contribution in [-0.2, 0) is 19.1 Å². The van der Waals surface area contributed by atoms with Gasteiger partial charge < -0.3 is 21.1 Å². The molecule has 164 valence electrons. The van der Waals surface area contributed by atoms with Crippen LogP contribution in [0.25, 0.3) is 0 Å². The van der Waals surface area contributed by atoms with Gasteiger partial charge in [0.1, 0.15) is 12.1 Å². The molecule has 0 bridgehead atoms. The van der Waals surface area contributed by atoms with E-state index < -0.39 is 17.6 Å². The fourth-order valence-corrected chi connectivity index (χ4v) is 3.27. The number of ether oxygens (including phenoxy) is 1. The third kappa shape index (κ3) is 16.9. The molecule has 28 heavy (non-hydrogen) atoms. The smallest absolute Gasteiger partial charge is 0.325 e. The lowest BCUT2D eigenvalue weighted by molar-refractivity contribution is -0.154. The number of thioether (sulfide) groups is 1. The molecule has 0 aliphatic rings. The highest BCUT2D eigenvalue weighted by atomic mass is 32.2. The van der Waals surface area contributed by atoms with Crippen LogP contribution in [0.3, 0.4) is 0 Å². The number of carbonyl (C=O) groups excluding carboxylic acids is 3. The van der Waals surface area contributed by atoms with Crippen molar-refractivity contribution in [2.24, 2.45) is 5.73 Å². The van der Waals surface area contributed by atoms with Crippen LogP contribution >= 0.6 is 11.8 Å². The monoisotopic (exact) mass is 417 g/mol. The topological polar surface area (TPSA) is 111 Å². The number of nitrogens with one attached hydrogen (secondary N) is 2. The van der Waals surface area contributed by atoms with Gasteiger partial charge in [-0.25, -0.2) is 0 Å². The standard InChI is InChI=1S/C20H39N3O4S/c1-5-6-9-13-28-14-11-17(24)22-12-8-7-10-16(21)19(26)23-15-18(25)27-20(2,3)4/h16H,5-15,21H2,1-4H3,(H,22,24)(H,23,26). The summed E-state index contributed by atoms with van der Waals surface area (Å²) in [6.07, 6.45) is 6.23. The first-order valence-corrected chi connectivity index (χ1v) is 11.4. The average Bonchev–Trinajstić information content (AvgIpc) is 2.60. The van der Waals surface area contributed by atoms with Crippen molar-refractivity contribution in [1.29, 1.82) is 0 Å². The van der Waals surface area contributed by atoms with Crippen LogP contribution in [0.1, 0.15) is 72.6 Å². The summed E-state index contributed by atoms with van der Waals surface area (Å²) in [7, 11) is 0. The summed E-state index contributed by atoms with van der Waals surface area (Å²) in [6.45, 7) is 7.89. The molecule has 0 fully saturated rings. The van der Waals surface area contributed by atoms with Crippen LogP contribution in [0.5, 0.6) is 0 Å². The van der Waals surface area contributed by atoms with Crippen LogP contribution in [0.4, 0.5) is 0 Å². The Balaban J connectivity index is 3.67. The molecular formula is C20H39N3O4S. The van der Waals surface area contributed by atoms with Crippen molar-refractivity contribution in [3.8, 4) is 0 Å². The van der Waals surface area contributed by atoms with E-state index in [1.54, 1.807) is 20.8 Å². The minimum absolute atomic E-state index is 0.0717. The van der Waals surface area contributed by atoms with E-state index >= 15 is 0 Å². The lowest BCUT2D eigenvalue weighted by atomic mass is 10.1. The second-order valence-electron chi connectivity index (χ2n) is 7.83. The third-order valence-corrected chi connectivity index (χ3v) is 4.86. The van der Waals surface area contributed by atoms with Crippen molar-refractivity contribution < 1.29 is 19.1 Å². The molecule has 2 amide bonds. The first-order chi connectivity index (χ1) is 13.2. The number of esters is 1. The van der Waals surface area contributed by atoms with E-state index in [9.17, 15) is 14.4 Å². The molecule has 0 saturated heterocycles. The van der Waals surface area contributed by atoms with Gasteiger partial charge in [0, 0.05) is 18.7 Å². The second kappa shape index (κ2) is 15.6. The molecule has 0 aliphatic heterocycles. The first kappa shape index (κ1) is 26.7. The lowest BCUT2D eigenvalue weighted by Gasteiger charge is -2.20. The minimum atomic E-state index is -0.669. The molecule has 0 saturated carbocycles. The van der Waals surface area contributed by atoms with Gasteiger partial charge in [0.05, 0.1) is 6.04 Å². The predicted molar refractivity (Wildman–Crippen MR) is 115 cm³/mol.